The quantitative estimate of drug-likeness (QED) is 0.177. The fourth-order valence-electron chi connectivity index (χ4n) is 2.81. The summed E-state index contributed by atoms with van der Waals surface area (Å²) in [5.41, 5.74) is 0. The van der Waals surface area contributed by atoms with Gasteiger partial charge in [0, 0.05) is 6.92 Å². The molecule has 0 radical (unpaired) electrons. The largest absolute Gasteiger partial charge is 0.726 e. The van der Waals surface area contributed by atoms with Gasteiger partial charge in [0.15, 0.2) is 6.29 Å². The van der Waals surface area contributed by atoms with E-state index in [4.69, 9.17) is 14.2 Å². The summed E-state index contributed by atoms with van der Waals surface area (Å²) in [5, 5.41) is 53.3. The first kappa shape index (κ1) is 24.4. The third-order valence-electron chi connectivity index (χ3n) is 4.13. The number of carboxylic acids is 1. The molecule has 1 fully saturated rings. The molecule has 0 spiro atoms. The minimum Gasteiger partial charge on any atom is -0.726 e. The lowest BCUT2D eigenvalue weighted by Gasteiger charge is -2.44. The van der Waals surface area contributed by atoms with E-state index in [1.54, 1.807) is 0 Å². The maximum atomic E-state index is 11.3. The Morgan fingerprint density at radius 1 is 1.23 bits per heavy atom. The van der Waals surface area contributed by atoms with E-state index in [0.717, 1.165) is 6.92 Å². The van der Waals surface area contributed by atoms with Crippen LogP contribution in [-0.2, 0) is 38.4 Å². The van der Waals surface area contributed by atoms with Crippen molar-refractivity contribution in [2.45, 2.75) is 56.1 Å². The number of carbonyl (C=O) groups is 2. The highest BCUT2D eigenvalue weighted by molar-refractivity contribution is 7.80. The number of nitrogens with one attached hydrogen (secondary N) is 1. The summed E-state index contributed by atoms with van der Waals surface area (Å²) in [5.74, 6) is -3.47. The maximum absolute atomic E-state index is 11.3. The summed E-state index contributed by atoms with van der Waals surface area (Å²) in [7, 11) is -5.22. The standard InChI is InChI=1S/C14H21NO14S/c1-4(16)15-8-10(19)11(7(27-13(8)22)3-26-30(23,24)25)29-14-9(18)5(17)2-6(28-14)12(20)21/h2,5,7-11,13-14,17-19,22H,3H2,1H3,(H,15,16)(H,20,21)(H,23,24,25)/p-2/t5-,7+,8+,9+,10+,11+,13?,14-/m0/s1. The normalized spacial score (nSPS) is 37.1. The highest BCUT2D eigenvalue weighted by Gasteiger charge is 2.49. The Labute approximate surface area is 169 Å². The second-order valence-corrected chi connectivity index (χ2v) is 7.41. The number of rotatable bonds is 7. The number of amides is 1. The van der Waals surface area contributed by atoms with Crippen molar-refractivity contribution >= 4 is 22.3 Å². The Morgan fingerprint density at radius 2 is 1.87 bits per heavy atom. The van der Waals surface area contributed by atoms with E-state index in [2.05, 4.69) is 9.50 Å². The molecule has 1 amide bonds. The van der Waals surface area contributed by atoms with E-state index in [9.17, 15) is 48.1 Å². The van der Waals surface area contributed by atoms with Crippen LogP contribution < -0.4 is 10.4 Å². The van der Waals surface area contributed by atoms with Gasteiger partial charge in [-0.1, -0.05) is 0 Å². The number of aliphatic hydroxyl groups is 4. The molecule has 0 aromatic heterocycles. The first-order valence-electron chi connectivity index (χ1n) is 8.30. The average molecular weight is 457 g/mol. The molecule has 2 heterocycles. The van der Waals surface area contributed by atoms with Gasteiger partial charge >= 0.3 is 0 Å². The molecule has 1 saturated heterocycles. The molecule has 0 aliphatic carbocycles. The van der Waals surface area contributed by atoms with E-state index in [1.807, 2.05) is 0 Å². The van der Waals surface area contributed by atoms with Gasteiger partial charge in [-0.15, -0.1) is 0 Å². The van der Waals surface area contributed by atoms with E-state index in [-0.39, 0.29) is 0 Å². The molecule has 30 heavy (non-hydrogen) atoms. The molecule has 15 nitrogen and oxygen atoms in total. The minimum absolute atomic E-state index is 0.627. The fraction of sp³-hybridized carbons (Fsp3) is 0.714. The molecule has 0 bridgehead atoms. The van der Waals surface area contributed by atoms with Gasteiger partial charge in [0.2, 0.25) is 22.6 Å². The molecule has 0 saturated carbocycles. The highest BCUT2D eigenvalue weighted by atomic mass is 32.3. The summed E-state index contributed by atoms with van der Waals surface area (Å²) < 4.78 is 51.4. The molecule has 2 rings (SSSR count). The van der Waals surface area contributed by atoms with Crippen LogP contribution in [0.5, 0.6) is 0 Å². The third kappa shape index (κ3) is 6.06. The lowest BCUT2D eigenvalue weighted by molar-refractivity contribution is -0.321. The molecule has 2 aliphatic rings. The highest BCUT2D eigenvalue weighted by Crippen LogP contribution is 2.28. The number of ether oxygens (including phenoxy) is 3. The predicted octanol–water partition coefficient (Wildman–Crippen LogP) is -5.86. The summed E-state index contributed by atoms with van der Waals surface area (Å²) >= 11 is 0. The number of carbonyl (C=O) groups excluding carboxylic acids is 2. The second-order valence-electron chi connectivity index (χ2n) is 6.36. The van der Waals surface area contributed by atoms with E-state index >= 15 is 0 Å². The van der Waals surface area contributed by atoms with Crippen molar-refractivity contribution in [1.82, 2.24) is 5.32 Å². The van der Waals surface area contributed by atoms with E-state index in [0.29, 0.717) is 6.08 Å². The average Bonchev–Trinajstić information content (AvgIpc) is 2.61. The lowest BCUT2D eigenvalue weighted by atomic mass is 9.96. The monoisotopic (exact) mass is 457 g/mol. The number of hydrogen-bond donors (Lipinski definition) is 5. The molecule has 8 atom stereocenters. The van der Waals surface area contributed by atoms with Gasteiger partial charge in [-0.05, 0) is 6.08 Å². The molecular formula is C14H19NO14S-2. The van der Waals surface area contributed by atoms with Crippen molar-refractivity contribution in [2.24, 2.45) is 0 Å². The van der Waals surface area contributed by atoms with Gasteiger partial charge in [-0.3, -0.25) is 8.98 Å². The maximum Gasteiger partial charge on any atom is 0.229 e. The summed E-state index contributed by atoms with van der Waals surface area (Å²) in [6.45, 7) is -0.0121. The fourth-order valence-corrected chi connectivity index (χ4v) is 3.11. The lowest BCUT2D eigenvalue weighted by Crippen LogP contribution is -2.66. The summed E-state index contributed by atoms with van der Waals surface area (Å²) in [6.07, 6.45) is -12.2. The molecule has 16 heteroatoms. The van der Waals surface area contributed by atoms with Gasteiger partial charge < -0.3 is 54.4 Å². The van der Waals surface area contributed by atoms with Crippen molar-refractivity contribution in [3.05, 3.63) is 11.8 Å². The van der Waals surface area contributed by atoms with Crippen LogP contribution in [0.1, 0.15) is 6.92 Å². The Hall–Kier alpha value is -1.89. The number of aliphatic hydroxyl groups excluding tert-OH is 4. The van der Waals surface area contributed by atoms with Gasteiger partial charge in [0.25, 0.3) is 0 Å². The summed E-state index contributed by atoms with van der Waals surface area (Å²) in [4.78, 5) is 22.3. The zero-order valence-electron chi connectivity index (χ0n) is 15.2. The molecule has 2 aliphatic heterocycles. The van der Waals surface area contributed by atoms with Crippen LogP contribution in [0.25, 0.3) is 0 Å². The summed E-state index contributed by atoms with van der Waals surface area (Å²) in [6, 6.07) is -1.52. The molecule has 0 aromatic carbocycles. The molecule has 172 valence electrons. The van der Waals surface area contributed by atoms with Gasteiger partial charge in [0.05, 0.1) is 6.61 Å². The van der Waals surface area contributed by atoms with Crippen molar-refractivity contribution in [2.75, 3.05) is 6.61 Å². The molecule has 1 unspecified atom stereocenters. The van der Waals surface area contributed by atoms with Crippen LogP contribution in [0.4, 0.5) is 0 Å². The Balaban J connectivity index is 2.27. The smallest absolute Gasteiger partial charge is 0.229 e. The van der Waals surface area contributed by atoms with Crippen molar-refractivity contribution in [3.63, 3.8) is 0 Å². The van der Waals surface area contributed by atoms with Crippen LogP contribution >= 0.6 is 0 Å². The Bertz CT molecular complexity index is 784. The SMILES string of the molecule is CC(=O)N[C@H]1C(O)O[C@H](COS(=O)(=O)[O-])[C@@H](O[C@@H]2OC(C(=O)[O-])=C[C@H](O)[C@H]2O)[C@@H]1O. The third-order valence-corrected chi connectivity index (χ3v) is 4.55. The second kappa shape index (κ2) is 9.50. The van der Waals surface area contributed by atoms with Gasteiger partial charge in [-0.2, -0.15) is 0 Å². The van der Waals surface area contributed by atoms with Crippen LogP contribution in [0, 0.1) is 0 Å². The molecule has 0 aromatic rings. The van der Waals surface area contributed by atoms with Crippen LogP contribution in [0.2, 0.25) is 0 Å². The minimum atomic E-state index is -5.22. The van der Waals surface area contributed by atoms with Gasteiger partial charge in [-0.25, -0.2) is 8.42 Å². The predicted molar refractivity (Wildman–Crippen MR) is 85.0 cm³/mol. The number of aliphatic carboxylic acids is 1. The van der Waals surface area contributed by atoms with E-state index < -0.39 is 83.8 Å². The van der Waals surface area contributed by atoms with Crippen molar-refractivity contribution in [3.8, 4) is 0 Å². The van der Waals surface area contributed by atoms with E-state index in [1.165, 1.54) is 0 Å². The first-order chi connectivity index (χ1) is 13.8. The Kier molecular flexibility index (Phi) is 7.72. The molecule has 5 N–H and O–H groups in total. The zero-order valence-corrected chi connectivity index (χ0v) is 16.0. The topological polar surface area (TPSA) is 244 Å². The Morgan fingerprint density at radius 3 is 2.40 bits per heavy atom. The zero-order chi connectivity index (χ0) is 22.8. The van der Waals surface area contributed by atoms with Crippen LogP contribution in [0.15, 0.2) is 11.8 Å². The van der Waals surface area contributed by atoms with Gasteiger partial charge in [0.1, 0.15) is 48.3 Å². The number of hydrogen-bond acceptors (Lipinski definition) is 14. The first-order valence-corrected chi connectivity index (χ1v) is 9.64. The van der Waals surface area contributed by atoms with Crippen molar-refractivity contribution < 1.29 is 66.5 Å². The van der Waals surface area contributed by atoms with Crippen LogP contribution in [0.3, 0.4) is 0 Å². The van der Waals surface area contributed by atoms with Crippen LogP contribution in [-0.4, -0.2) is 101 Å². The number of carboxylic acid groups (broad SMARTS) is 1. The van der Waals surface area contributed by atoms with Crippen molar-refractivity contribution in [1.29, 1.82) is 0 Å². The molecular weight excluding hydrogens is 438 g/mol.